The van der Waals surface area contributed by atoms with Crippen molar-refractivity contribution in [1.82, 2.24) is 0 Å². The number of hydrogen-bond donors (Lipinski definition) is 1. The molecule has 22 heavy (non-hydrogen) atoms. The van der Waals surface area contributed by atoms with E-state index >= 15 is 0 Å². The van der Waals surface area contributed by atoms with Crippen LogP contribution in [0.4, 0.5) is 13.2 Å². The Hall–Kier alpha value is -1.86. The molecule has 7 heteroatoms. The van der Waals surface area contributed by atoms with E-state index < -0.39 is 50.5 Å². The minimum absolute atomic E-state index is 0.196. The minimum atomic E-state index is -3.88. The lowest BCUT2D eigenvalue weighted by atomic mass is 10.1. The molecule has 0 aliphatic carbocycles. The van der Waals surface area contributed by atoms with E-state index in [9.17, 15) is 26.7 Å². The van der Waals surface area contributed by atoms with E-state index in [0.717, 1.165) is 24.3 Å². The number of hydrogen-bond acceptors (Lipinski definition) is 3. The molecule has 0 bridgehead atoms. The first-order chi connectivity index (χ1) is 10.3. The fraction of sp³-hybridized carbons (Fsp3) is 0.200. The van der Waals surface area contributed by atoms with Gasteiger partial charge in [-0.05, 0) is 29.8 Å². The summed E-state index contributed by atoms with van der Waals surface area (Å²) < 4.78 is 64.0. The fourth-order valence-corrected chi connectivity index (χ4v) is 3.55. The molecule has 0 saturated carbocycles. The first-order valence-corrected chi connectivity index (χ1v) is 8.17. The van der Waals surface area contributed by atoms with Gasteiger partial charge < -0.3 is 5.11 Å². The van der Waals surface area contributed by atoms with E-state index in [1.54, 1.807) is 0 Å². The van der Waals surface area contributed by atoms with Gasteiger partial charge in [0.2, 0.25) is 0 Å². The van der Waals surface area contributed by atoms with Gasteiger partial charge in [0.15, 0.2) is 9.84 Å². The molecule has 118 valence electrons. The molecule has 0 fully saturated rings. The van der Waals surface area contributed by atoms with Crippen molar-refractivity contribution in [2.75, 3.05) is 5.75 Å². The average molecular weight is 330 g/mol. The third-order valence-corrected chi connectivity index (χ3v) is 4.62. The smallest absolute Gasteiger partial charge is 0.157 e. The summed E-state index contributed by atoms with van der Waals surface area (Å²) in [5.74, 6) is -4.02. The summed E-state index contributed by atoms with van der Waals surface area (Å²) in [6.07, 6.45) is -1.83. The van der Waals surface area contributed by atoms with Crippen molar-refractivity contribution in [3.63, 3.8) is 0 Å². The van der Waals surface area contributed by atoms with Crippen LogP contribution in [0.15, 0.2) is 42.5 Å². The zero-order valence-corrected chi connectivity index (χ0v) is 12.2. The SMILES string of the molecule is O=S(=O)(Cc1cccc(F)c1)CC(O)c1c(F)cccc1F. The zero-order valence-electron chi connectivity index (χ0n) is 11.3. The molecule has 2 aromatic carbocycles. The van der Waals surface area contributed by atoms with E-state index in [1.165, 1.54) is 18.2 Å². The molecule has 0 aliphatic rings. The van der Waals surface area contributed by atoms with E-state index in [0.29, 0.717) is 0 Å². The Bertz CT molecular complexity index is 755. The third-order valence-electron chi connectivity index (χ3n) is 3.02. The van der Waals surface area contributed by atoms with Crippen LogP contribution in [-0.4, -0.2) is 19.3 Å². The van der Waals surface area contributed by atoms with Crippen molar-refractivity contribution in [2.45, 2.75) is 11.9 Å². The van der Waals surface area contributed by atoms with Gasteiger partial charge in [0.25, 0.3) is 0 Å². The maximum atomic E-state index is 13.5. The third kappa shape index (κ3) is 4.08. The summed E-state index contributed by atoms with van der Waals surface area (Å²) in [6.45, 7) is 0. The van der Waals surface area contributed by atoms with Gasteiger partial charge in [0.1, 0.15) is 17.5 Å². The first-order valence-electron chi connectivity index (χ1n) is 6.35. The molecule has 0 radical (unpaired) electrons. The molecule has 2 aromatic rings. The normalized spacial score (nSPS) is 13.1. The summed E-state index contributed by atoms with van der Waals surface area (Å²) in [6, 6.07) is 7.96. The second kappa shape index (κ2) is 6.50. The van der Waals surface area contributed by atoms with Crippen molar-refractivity contribution in [2.24, 2.45) is 0 Å². The predicted octanol–water partition coefficient (Wildman–Crippen LogP) is 2.75. The highest BCUT2D eigenvalue weighted by Crippen LogP contribution is 2.23. The summed E-state index contributed by atoms with van der Waals surface area (Å²) >= 11 is 0. The lowest BCUT2D eigenvalue weighted by molar-refractivity contribution is 0.191. The Morgan fingerprint density at radius 2 is 1.59 bits per heavy atom. The maximum Gasteiger partial charge on any atom is 0.157 e. The molecule has 1 atom stereocenters. The highest BCUT2D eigenvalue weighted by Gasteiger charge is 2.24. The molecule has 0 spiro atoms. The second-order valence-electron chi connectivity index (χ2n) is 4.84. The summed E-state index contributed by atoms with van der Waals surface area (Å²) in [4.78, 5) is 0. The molecular weight excluding hydrogens is 317 g/mol. The summed E-state index contributed by atoms with van der Waals surface area (Å²) in [7, 11) is -3.88. The van der Waals surface area contributed by atoms with Gasteiger partial charge in [-0.1, -0.05) is 18.2 Å². The Balaban J connectivity index is 2.18. The van der Waals surface area contributed by atoms with Crippen molar-refractivity contribution in [3.05, 3.63) is 71.0 Å². The van der Waals surface area contributed by atoms with E-state index in [-0.39, 0.29) is 5.56 Å². The average Bonchev–Trinajstić information content (AvgIpc) is 2.36. The molecule has 0 aromatic heterocycles. The summed E-state index contributed by atoms with van der Waals surface area (Å²) in [5.41, 5.74) is -0.494. The topological polar surface area (TPSA) is 54.4 Å². The van der Waals surface area contributed by atoms with Crippen molar-refractivity contribution >= 4 is 9.84 Å². The Kier molecular flexibility index (Phi) is 4.87. The standard InChI is InChI=1S/C15H13F3O3S/c16-11-4-1-3-10(7-11)8-22(20,21)9-14(19)15-12(17)5-2-6-13(15)18/h1-7,14,19H,8-9H2. The van der Waals surface area contributed by atoms with Gasteiger partial charge in [-0.15, -0.1) is 0 Å². The number of aliphatic hydroxyl groups excluding tert-OH is 1. The Morgan fingerprint density at radius 3 is 2.18 bits per heavy atom. The number of benzene rings is 2. The minimum Gasteiger partial charge on any atom is -0.387 e. The van der Waals surface area contributed by atoms with Crippen LogP contribution >= 0.6 is 0 Å². The molecule has 3 nitrogen and oxygen atoms in total. The molecule has 1 N–H and O–H groups in total. The van der Waals surface area contributed by atoms with Gasteiger partial charge in [0, 0.05) is 0 Å². The van der Waals surface area contributed by atoms with Crippen LogP contribution in [0.2, 0.25) is 0 Å². The number of sulfone groups is 1. The van der Waals surface area contributed by atoms with Gasteiger partial charge in [-0.3, -0.25) is 0 Å². The van der Waals surface area contributed by atoms with E-state index in [1.807, 2.05) is 0 Å². The predicted molar refractivity (Wildman–Crippen MR) is 75.2 cm³/mol. The lowest BCUT2D eigenvalue weighted by Crippen LogP contribution is -2.18. The van der Waals surface area contributed by atoms with Gasteiger partial charge in [-0.2, -0.15) is 0 Å². The summed E-state index contributed by atoms with van der Waals surface area (Å²) in [5, 5.41) is 9.82. The van der Waals surface area contributed by atoms with Crippen LogP contribution in [0.5, 0.6) is 0 Å². The fourth-order valence-electron chi connectivity index (χ4n) is 2.09. The second-order valence-corrected chi connectivity index (χ2v) is 6.94. The van der Waals surface area contributed by atoms with Crippen molar-refractivity contribution < 1.29 is 26.7 Å². The number of rotatable bonds is 5. The van der Waals surface area contributed by atoms with Gasteiger partial charge in [0.05, 0.1) is 23.2 Å². The molecule has 0 amide bonds. The first kappa shape index (κ1) is 16.5. The zero-order chi connectivity index (χ0) is 16.3. The molecule has 0 saturated heterocycles. The largest absolute Gasteiger partial charge is 0.387 e. The molecule has 1 unspecified atom stereocenters. The van der Waals surface area contributed by atoms with Crippen LogP contribution < -0.4 is 0 Å². The Labute approximate surface area is 125 Å². The van der Waals surface area contributed by atoms with E-state index in [2.05, 4.69) is 0 Å². The number of aliphatic hydroxyl groups is 1. The van der Waals surface area contributed by atoms with Crippen molar-refractivity contribution in [1.29, 1.82) is 0 Å². The van der Waals surface area contributed by atoms with Crippen LogP contribution in [0.1, 0.15) is 17.2 Å². The number of halogens is 3. The quantitative estimate of drug-likeness (QED) is 0.917. The highest BCUT2D eigenvalue weighted by atomic mass is 32.2. The van der Waals surface area contributed by atoms with Crippen LogP contribution in [0.3, 0.4) is 0 Å². The van der Waals surface area contributed by atoms with Crippen LogP contribution in [0, 0.1) is 17.5 Å². The monoisotopic (exact) mass is 330 g/mol. The molecule has 2 rings (SSSR count). The lowest BCUT2D eigenvalue weighted by Gasteiger charge is -2.13. The highest BCUT2D eigenvalue weighted by molar-refractivity contribution is 7.90. The molecule has 0 heterocycles. The van der Waals surface area contributed by atoms with Gasteiger partial charge in [-0.25, -0.2) is 21.6 Å². The van der Waals surface area contributed by atoms with Crippen molar-refractivity contribution in [3.8, 4) is 0 Å². The van der Waals surface area contributed by atoms with Crippen LogP contribution in [-0.2, 0) is 15.6 Å². The molecule has 0 aliphatic heterocycles. The molecular formula is C15H13F3O3S. The van der Waals surface area contributed by atoms with Gasteiger partial charge >= 0.3 is 0 Å². The van der Waals surface area contributed by atoms with Crippen LogP contribution in [0.25, 0.3) is 0 Å². The van der Waals surface area contributed by atoms with E-state index in [4.69, 9.17) is 0 Å². The Morgan fingerprint density at radius 1 is 1.00 bits per heavy atom. The maximum absolute atomic E-state index is 13.5.